The van der Waals surface area contributed by atoms with E-state index in [0.717, 1.165) is 10.9 Å². The standard InChI is InChI=1S/C19H19N3O3/c1-3-22-16-8-6-5-7-15(16)17(19(22)24)20-21-18(23)13-9-11-14(12-10-13)25-4-2/h5-12,24H,3-4H2,1-2H3. The Hall–Kier alpha value is -3.15. The van der Waals surface area contributed by atoms with E-state index in [1.807, 2.05) is 38.1 Å². The van der Waals surface area contributed by atoms with Gasteiger partial charge in [-0.05, 0) is 44.2 Å². The summed E-state index contributed by atoms with van der Waals surface area (Å²) in [4.78, 5) is 12.2. The van der Waals surface area contributed by atoms with E-state index in [2.05, 4.69) is 10.2 Å². The Bertz CT molecular complexity index is 927. The topological polar surface area (TPSA) is 76.2 Å². The first-order valence-corrected chi connectivity index (χ1v) is 8.14. The number of benzene rings is 2. The van der Waals surface area contributed by atoms with Crippen LogP contribution in [0.3, 0.4) is 0 Å². The van der Waals surface area contributed by atoms with E-state index in [9.17, 15) is 9.90 Å². The van der Waals surface area contributed by atoms with E-state index in [1.165, 1.54) is 0 Å². The second-order valence-corrected chi connectivity index (χ2v) is 5.40. The van der Waals surface area contributed by atoms with Crippen molar-refractivity contribution >= 4 is 22.5 Å². The second kappa shape index (κ2) is 7.17. The van der Waals surface area contributed by atoms with Crippen molar-refractivity contribution in [2.24, 2.45) is 10.2 Å². The molecule has 25 heavy (non-hydrogen) atoms. The first-order chi connectivity index (χ1) is 12.2. The molecular weight excluding hydrogens is 318 g/mol. The summed E-state index contributed by atoms with van der Waals surface area (Å²) in [6.07, 6.45) is 0. The van der Waals surface area contributed by atoms with Crippen LogP contribution < -0.4 is 4.74 Å². The van der Waals surface area contributed by atoms with Gasteiger partial charge in [-0.2, -0.15) is 0 Å². The van der Waals surface area contributed by atoms with Gasteiger partial charge in [0.15, 0.2) is 5.69 Å². The molecule has 3 rings (SSSR count). The predicted molar refractivity (Wildman–Crippen MR) is 95.7 cm³/mol. The number of nitrogens with zero attached hydrogens (tertiary/aromatic N) is 3. The molecule has 128 valence electrons. The van der Waals surface area contributed by atoms with Gasteiger partial charge in [-0.1, -0.05) is 18.2 Å². The summed E-state index contributed by atoms with van der Waals surface area (Å²) in [5.41, 5.74) is 1.56. The highest BCUT2D eigenvalue weighted by Crippen LogP contribution is 2.38. The van der Waals surface area contributed by atoms with E-state index < -0.39 is 5.91 Å². The number of para-hydroxylation sites is 1. The Morgan fingerprint density at radius 1 is 1.12 bits per heavy atom. The highest BCUT2D eigenvalue weighted by molar-refractivity contribution is 5.97. The minimum atomic E-state index is -0.476. The van der Waals surface area contributed by atoms with Crippen LogP contribution in [-0.2, 0) is 6.54 Å². The molecule has 0 aliphatic carbocycles. The zero-order chi connectivity index (χ0) is 17.8. The summed E-state index contributed by atoms with van der Waals surface area (Å²) in [6.45, 7) is 4.98. The van der Waals surface area contributed by atoms with Gasteiger partial charge in [-0.15, -0.1) is 10.2 Å². The molecule has 0 unspecified atom stereocenters. The maximum atomic E-state index is 12.2. The van der Waals surface area contributed by atoms with Crippen LogP contribution >= 0.6 is 0 Å². The Balaban J connectivity index is 1.90. The molecule has 0 aliphatic heterocycles. The molecule has 2 aromatic carbocycles. The van der Waals surface area contributed by atoms with Crippen LogP contribution in [0.4, 0.5) is 5.69 Å². The van der Waals surface area contributed by atoms with Crippen molar-refractivity contribution < 1.29 is 14.6 Å². The van der Waals surface area contributed by atoms with Gasteiger partial charge in [0.1, 0.15) is 5.75 Å². The van der Waals surface area contributed by atoms with Crippen molar-refractivity contribution in [3.63, 3.8) is 0 Å². The second-order valence-electron chi connectivity index (χ2n) is 5.40. The number of fused-ring (bicyclic) bond motifs is 1. The average Bonchev–Trinajstić information content (AvgIpc) is 2.91. The number of carbonyl (C=O) groups is 1. The van der Waals surface area contributed by atoms with Crippen LogP contribution in [0.25, 0.3) is 10.9 Å². The molecule has 0 saturated carbocycles. The number of ether oxygens (including phenoxy) is 1. The SMILES string of the molecule is CCOc1ccc(C(=O)N=Nc2c(O)n(CC)c3ccccc23)cc1. The molecule has 1 N–H and O–H groups in total. The summed E-state index contributed by atoms with van der Waals surface area (Å²) in [5, 5.41) is 18.9. The maximum absolute atomic E-state index is 12.2. The molecule has 0 bridgehead atoms. The average molecular weight is 337 g/mol. The minimum absolute atomic E-state index is 0.00643. The van der Waals surface area contributed by atoms with E-state index in [1.54, 1.807) is 28.8 Å². The monoisotopic (exact) mass is 337 g/mol. The third-order valence-corrected chi connectivity index (χ3v) is 3.89. The molecule has 1 aromatic heterocycles. The lowest BCUT2D eigenvalue weighted by Gasteiger charge is -2.02. The van der Waals surface area contributed by atoms with Gasteiger partial charge in [0, 0.05) is 17.5 Å². The van der Waals surface area contributed by atoms with E-state index in [-0.39, 0.29) is 5.88 Å². The normalized spacial score (nSPS) is 11.3. The lowest BCUT2D eigenvalue weighted by Crippen LogP contribution is -1.95. The van der Waals surface area contributed by atoms with E-state index >= 15 is 0 Å². The van der Waals surface area contributed by atoms with Crippen molar-refractivity contribution in [1.82, 2.24) is 4.57 Å². The Labute approximate surface area is 145 Å². The van der Waals surface area contributed by atoms with Crippen LogP contribution in [0, 0.1) is 0 Å². The minimum Gasteiger partial charge on any atom is -0.494 e. The number of hydrogen-bond acceptors (Lipinski definition) is 4. The maximum Gasteiger partial charge on any atom is 0.295 e. The van der Waals surface area contributed by atoms with Gasteiger partial charge >= 0.3 is 0 Å². The quantitative estimate of drug-likeness (QED) is 0.686. The Morgan fingerprint density at radius 2 is 1.84 bits per heavy atom. The van der Waals surface area contributed by atoms with Crippen LogP contribution in [0.2, 0.25) is 0 Å². The number of aromatic hydroxyl groups is 1. The summed E-state index contributed by atoms with van der Waals surface area (Å²) >= 11 is 0. The third-order valence-electron chi connectivity index (χ3n) is 3.89. The summed E-state index contributed by atoms with van der Waals surface area (Å²) in [5.74, 6) is 0.224. The number of aryl methyl sites for hydroxylation is 1. The van der Waals surface area contributed by atoms with Crippen LogP contribution in [-0.4, -0.2) is 22.2 Å². The summed E-state index contributed by atoms with van der Waals surface area (Å²) < 4.78 is 7.07. The Morgan fingerprint density at radius 3 is 2.52 bits per heavy atom. The molecule has 0 saturated heterocycles. The molecule has 0 atom stereocenters. The number of hydrogen-bond donors (Lipinski definition) is 1. The van der Waals surface area contributed by atoms with Gasteiger partial charge in [0.05, 0.1) is 12.1 Å². The lowest BCUT2D eigenvalue weighted by molar-refractivity contribution is 0.0995. The third kappa shape index (κ3) is 3.24. The number of azo groups is 1. The van der Waals surface area contributed by atoms with Crippen molar-refractivity contribution in [1.29, 1.82) is 0 Å². The smallest absolute Gasteiger partial charge is 0.295 e. The van der Waals surface area contributed by atoms with E-state index in [4.69, 9.17) is 4.74 Å². The predicted octanol–water partition coefficient (Wildman–Crippen LogP) is 4.69. The van der Waals surface area contributed by atoms with Gasteiger partial charge < -0.3 is 14.4 Å². The lowest BCUT2D eigenvalue weighted by atomic mass is 10.2. The number of carbonyl (C=O) groups excluding carboxylic acids is 1. The first-order valence-electron chi connectivity index (χ1n) is 8.14. The van der Waals surface area contributed by atoms with Crippen LogP contribution in [0.15, 0.2) is 58.8 Å². The fourth-order valence-electron chi connectivity index (χ4n) is 2.70. The van der Waals surface area contributed by atoms with Crippen LogP contribution in [0.1, 0.15) is 24.2 Å². The molecule has 0 fully saturated rings. The molecule has 3 aromatic rings. The molecule has 0 spiro atoms. The summed E-state index contributed by atoms with van der Waals surface area (Å²) in [7, 11) is 0. The van der Waals surface area contributed by atoms with E-state index in [0.29, 0.717) is 30.2 Å². The van der Waals surface area contributed by atoms with Gasteiger partial charge in [-0.25, -0.2) is 0 Å². The van der Waals surface area contributed by atoms with Gasteiger partial charge in [0.25, 0.3) is 5.91 Å². The molecule has 6 heteroatoms. The van der Waals surface area contributed by atoms with Crippen molar-refractivity contribution in [3.8, 4) is 11.6 Å². The van der Waals surface area contributed by atoms with Crippen molar-refractivity contribution in [2.45, 2.75) is 20.4 Å². The number of aromatic nitrogens is 1. The molecule has 1 amide bonds. The zero-order valence-corrected chi connectivity index (χ0v) is 14.1. The molecule has 6 nitrogen and oxygen atoms in total. The van der Waals surface area contributed by atoms with Gasteiger partial charge in [0.2, 0.25) is 5.88 Å². The fraction of sp³-hybridized carbons (Fsp3) is 0.211. The van der Waals surface area contributed by atoms with Gasteiger partial charge in [-0.3, -0.25) is 4.79 Å². The highest BCUT2D eigenvalue weighted by Gasteiger charge is 2.15. The molecular formula is C19H19N3O3. The molecule has 0 aliphatic rings. The number of rotatable bonds is 5. The number of amides is 1. The molecule has 0 radical (unpaired) electrons. The summed E-state index contributed by atoms with van der Waals surface area (Å²) in [6, 6.07) is 14.2. The highest BCUT2D eigenvalue weighted by atomic mass is 16.5. The molecule has 1 heterocycles. The largest absolute Gasteiger partial charge is 0.494 e. The first kappa shape index (κ1) is 16.7. The van der Waals surface area contributed by atoms with Crippen molar-refractivity contribution in [3.05, 3.63) is 54.1 Å². The Kier molecular flexibility index (Phi) is 4.79. The van der Waals surface area contributed by atoms with Crippen molar-refractivity contribution in [2.75, 3.05) is 6.61 Å². The fourth-order valence-corrected chi connectivity index (χ4v) is 2.70. The zero-order valence-electron chi connectivity index (χ0n) is 14.1. The van der Waals surface area contributed by atoms with Crippen LogP contribution in [0.5, 0.6) is 11.6 Å².